The van der Waals surface area contributed by atoms with E-state index in [1.165, 1.54) is 6.20 Å². The molecule has 26 heavy (non-hydrogen) atoms. The number of H-pyrrole nitrogens is 1. The van der Waals surface area contributed by atoms with Crippen molar-refractivity contribution in [2.45, 2.75) is 6.92 Å². The Bertz CT molecular complexity index is 1130. The van der Waals surface area contributed by atoms with Gasteiger partial charge in [-0.3, -0.25) is 14.7 Å². The molecule has 0 saturated heterocycles. The number of hydrogen-bond donors (Lipinski definition) is 3. The SMILES string of the molecule is Cc1ccnc2c(C(=O)NCC(=O)Nc3ccc4cn[nH]c4c3)cnn12. The van der Waals surface area contributed by atoms with Crippen LogP contribution in [0.5, 0.6) is 0 Å². The van der Waals surface area contributed by atoms with Crippen molar-refractivity contribution < 1.29 is 9.59 Å². The smallest absolute Gasteiger partial charge is 0.257 e. The fraction of sp³-hybridized carbons (Fsp3) is 0.118. The molecule has 3 aromatic heterocycles. The molecule has 130 valence electrons. The standard InChI is InChI=1S/C17H15N7O2/c1-10-4-5-18-16-13(8-21-24(10)16)17(26)19-9-15(25)22-12-3-2-11-7-20-23-14(11)6-12/h2-8H,9H2,1H3,(H,19,26)(H,20,23)(H,22,25). The van der Waals surface area contributed by atoms with E-state index in [1.807, 2.05) is 13.0 Å². The van der Waals surface area contributed by atoms with Gasteiger partial charge in [0.05, 0.1) is 24.5 Å². The first-order chi connectivity index (χ1) is 12.6. The number of anilines is 1. The number of amides is 2. The van der Waals surface area contributed by atoms with Gasteiger partial charge in [0.25, 0.3) is 5.91 Å². The zero-order chi connectivity index (χ0) is 18.1. The van der Waals surface area contributed by atoms with Crippen LogP contribution in [0.1, 0.15) is 16.1 Å². The molecule has 4 aromatic rings. The summed E-state index contributed by atoms with van der Waals surface area (Å²) < 4.78 is 1.58. The average molecular weight is 349 g/mol. The molecule has 0 fully saturated rings. The van der Waals surface area contributed by atoms with Crippen molar-refractivity contribution in [2.75, 3.05) is 11.9 Å². The topological polar surface area (TPSA) is 117 Å². The van der Waals surface area contributed by atoms with Gasteiger partial charge in [-0.05, 0) is 31.2 Å². The summed E-state index contributed by atoms with van der Waals surface area (Å²) in [5.74, 6) is -0.741. The lowest BCUT2D eigenvalue weighted by Gasteiger charge is -2.06. The molecule has 3 heterocycles. The Balaban J connectivity index is 1.41. The summed E-state index contributed by atoms with van der Waals surface area (Å²) in [7, 11) is 0. The van der Waals surface area contributed by atoms with Gasteiger partial charge in [-0.15, -0.1) is 0 Å². The second kappa shape index (κ2) is 6.28. The molecule has 0 unspecified atom stereocenters. The molecule has 0 bridgehead atoms. The highest BCUT2D eigenvalue weighted by Crippen LogP contribution is 2.16. The highest BCUT2D eigenvalue weighted by atomic mass is 16.2. The van der Waals surface area contributed by atoms with Gasteiger partial charge >= 0.3 is 0 Å². The minimum absolute atomic E-state index is 0.164. The third kappa shape index (κ3) is 2.86. The fourth-order valence-corrected chi connectivity index (χ4v) is 2.65. The normalized spacial score (nSPS) is 11.0. The number of hydrogen-bond acceptors (Lipinski definition) is 5. The van der Waals surface area contributed by atoms with Crippen molar-refractivity contribution in [1.82, 2.24) is 30.1 Å². The van der Waals surface area contributed by atoms with Crippen LogP contribution in [0.2, 0.25) is 0 Å². The molecule has 3 N–H and O–H groups in total. The summed E-state index contributed by atoms with van der Waals surface area (Å²) in [5, 5.41) is 17.2. The van der Waals surface area contributed by atoms with Crippen molar-refractivity contribution in [3.05, 3.63) is 54.1 Å². The summed E-state index contributed by atoms with van der Waals surface area (Å²) in [6.07, 6.45) is 4.75. The Morgan fingerprint density at radius 2 is 2.12 bits per heavy atom. The second-order valence-electron chi connectivity index (χ2n) is 5.78. The number of rotatable bonds is 4. The summed E-state index contributed by atoms with van der Waals surface area (Å²) in [4.78, 5) is 28.6. The molecule has 0 atom stereocenters. The van der Waals surface area contributed by atoms with Gasteiger partial charge in [0.15, 0.2) is 5.65 Å². The quantitative estimate of drug-likeness (QED) is 0.513. The van der Waals surface area contributed by atoms with Crippen LogP contribution in [0.4, 0.5) is 5.69 Å². The van der Waals surface area contributed by atoms with E-state index < -0.39 is 5.91 Å². The highest BCUT2D eigenvalue weighted by Gasteiger charge is 2.15. The maximum atomic E-state index is 12.3. The van der Waals surface area contributed by atoms with Gasteiger partial charge in [-0.1, -0.05) is 0 Å². The Labute approximate surface area is 147 Å². The van der Waals surface area contributed by atoms with E-state index in [2.05, 4.69) is 30.9 Å². The lowest BCUT2D eigenvalue weighted by molar-refractivity contribution is -0.115. The van der Waals surface area contributed by atoms with Crippen molar-refractivity contribution in [3.8, 4) is 0 Å². The van der Waals surface area contributed by atoms with Crippen molar-refractivity contribution in [3.63, 3.8) is 0 Å². The number of carbonyl (C=O) groups excluding carboxylic acids is 2. The lowest BCUT2D eigenvalue weighted by atomic mass is 10.2. The van der Waals surface area contributed by atoms with Crippen molar-refractivity contribution >= 4 is 34.1 Å². The predicted octanol–water partition coefficient (Wildman–Crippen LogP) is 1.28. The van der Waals surface area contributed by atoms with E-state index in [1.54, 1.807) is 35.1 Å². The van der Waals surface area contributed by atoms with E-state index in [9.17, 15) is 9.59 Å². The number of carbonyl (C=O) groups is 2. The van der Waals surface area contributed by atoms with Gasteiger partial charge in [-0.25, -0.2) is 9.50 Å². The number of nitrogens with zero attached hydrogens (tertiary/aromatic N) is 4. The minimum atomic E-state index is -0.405. The van der Waals surface area contributed by atoms with Gasteiger partial charge in [-0.2, -0.15) is 10.2 Å². The Hall–Kier alpha value is -3.75. The van der Waals surface area contributed by atoms with Crippen LogP contribution < -0.4 is 10.6 Å². The minimum Gasteiger partial charge on any atom is -0.343 e. The molecule has 0 aliphatic carbocycles. The van der Waals surface area contributed by atoms with E-state index in [0.29, 0.717) is 16.9 Å². The maximum absolute atomic E-state index is 12.3. The van der Waals surface area contributed by atoms with E-state index in [4.69, 9.17) is 0 Å². The molecular weight excluding hydrogens is 334 g/mol. The molecule has 2 amide bonds. The van der Waals surface area contributed by atoms with E-state index in [0.717, 1.165) is 16.6 Å². The van der Waals surface area contributed by atoms with Gasteiger partial charge in [0.2, 0.25) is 5.91 Å². The molecule has 0 saturated carbocycles. The molecular formula is C17H15N7O2. The fourth-order valence-electron chi connectivity index (χ4n) is 2.65. The summed E-state index contributed by atoms with van der Waals surface area (Å²) in [6.45, 7) is 1.70. The number of fused-ring (bicyclic) bond motifs is 2. The largest absolute Gasteiger partial charge is 0.343 e. The summed E-state index contributed by atoms with van der Waals surface area (Å²) in [5.41, 5.74) is 3.07. The number of nitrogens with one attached hydrogen (secondary N) is 3. The third-order valence-electron chi connectivity index (χ3n) is 3.97. The van der Waals surface area contributed by atoms with Crippen LogP contribution >= 0.6 is 0 Å². The Morgan fingerprint density at radius 1 is 1.23 bits per heavy atom. The average Bonchev–Trinajstić information content (AvgIpc) is 3.26. The maximum Gasteiger partial charge on any atom is 0.257 e. The van der Waals surface area contributed by atoms with Gasteiger partial charge < -0.3 is 10.6 Å². The second-order valence-corrected chi connectivity index (χ2v) is 5.78. The first-order valence-corrected chi connectivity index (χ1v) is 7.92. The third-order valence-corrected chi connectivity index (χ3v) is 3.97. The zero-order valence-electron chi connectivity index (χ0n) is 13.9. The van der Waals surface area contributed by atoms with Crippen LogP contribution in [0, 0.1) is 6.92 Å². The van der Waals surface area contributed by atoms with Crippen LogP contribution in [-0.4, -0.2) is 43.2 Å². The molecule has 0 aliphatic heterocycles. The van der Waals surface area contributed by atoms with Crippen LogP contribution in [0.25, 0.3) is 16.6 Å². The predicted molar refractivity (Wildman–Crippen MR) is 94.8 cm³/mol. The first-order valence-electron chi connectivity index (χ1n) is 7.92. The monoisotopic (exact) mass is 349 g/mol. The number of aromatic nitrogens is 5. The molecule has 9 heteroatoms. The first kappa shape index (κ1) is 15.8. The van der Waals surface area contributed by atoms with Crippen molar-refractivity contribution in [2.24, 2.45) is 0 Å². The Kier molecular flexibility index (Phi) is 3.81. The number of aromatic amines is 1. The zero-order valence-corrected chi connectivity index (χ0v) is 13.9. The molecule has 0 radical (unpaired) electrons. The molecule has 4 rings (SSSR count). The lowest BCUT2D eigenvalue weighted by Crippen LogP contribution is -2.32. The number of aryl methyl sites for hydroxylation is 1. The molecule has 0 aliphatic rings. The summed E-state index contributed by atoms with van der Waals surface area (Å²) in [6, 6.07) is 7.20. The van der Waals surface area contributed by atoms with Gasteiger partial charge in [0, 0.05) is 23.0 Å². The van der Waals surface area contributed by atoms with Crippen LogP contribution in [-0.2, 0) is 4.79 Å². The van der Waals surface area contributed by atoms with Crippen LogP contribution in [0.15, 0.2) is 42.9 Å². The van der Waals surface area contributed by atoms with E-state index >= 15 is 0 Å². The highest BCUT2D eigenvalue weighted by molar-refractivity contribution is 6.03. The van der Waals surface area contributed by atoms with Crippen molar-refractivity contribution in [1.29, 1.82) is 0 Å². The van der Waals surface area contributed by atoms with Gasteiger partial charge in [0.1, 0.15) is 5.56 Å². The number of benzene rings is 1. The van der Waals surface area contributed by atoms with E-state index in [-0.39, 0.29) is 12.5 Å². The molecule has 0 spiro atoms. The molecule has 9 nitrogen and oxygen atoms in total. The van der Waals surface area contributed by atoms with Crippen LogP contribution in [0.3, 0.4) is 0 Å². The summed E-state index contributed by atoms with van der Waals surface area (Å²) >= 11 is 0. The molecule has 1 aromatic carbocycles. The Morgan fingerprint density at radius 3 is 3.00 bits per heavy atom.